The van der Waals surface area contributed by atoms with Gasteiger partial charge in [0, 0.05) is 50.9 Å². The van der Waals surface area contributed by atoms with Gasteiger partial charge in [-0.15, -0.1) is 0 Å². The molecule has 5 aromatic carbocycles. The van der Waals surface area contributed by atoms with Gasteiger partial charge in [-0.1, -0.05) is 78.9 Å². The van der Waals surface area contributed by atoms with E-state index in [9.17, 15) is 0 Å². The standard InChI is InChI=1S/C37H21N7/c1-2-10-23-22(9-1)28-19-39-36(43-30-14-6-3-11-24(30)25-12-4-7-15-31(25)43)41-34(28)35-29(23)20-40-37(42-35)44-32-16-8-5-13-26(32)27-17-18-38-21-33(27)44/h1-21H. The fourth-order valence-corrected chi connectivity index (χ4v) is 6.84. The van der Waals surface area contributed by atoms with Crippen LogP contribution in [0.4, 0.5) is 0 Å². The number of benzene rings is 5. The van der Waals surface area contributed by atoms with Gasteiger partial charge in [0.2, 0.25) is 11.9 Å². The Morgan fingerprint density at radius 3 is 1.27 bits per heavy atom. The van der Waals surface area contributed by atoms with E-state index in [2.05, 4.69) is 99.0 Å². The van der Waals surface area contributed by atoms with Gasteiger partial charge >= 0.3 is 0 Å². The van der Waals surface area contributed by atoms with Crippen LogP contribution in [0.3, 0.4) is 0 Å². The monoisotopic (exact) mass is 563 g/mol. The lowest BCUT2D eigenvalue weighted by molar-refractivity contribution is 1.000. The maximum absolute atomic E-state index is 5.28. The van der Waals surface area contributed by atoms with Gasteiger partial charge in [-0.2, -0.15) is 0 Å². The Hall–Kier alpha value is -6.21. The topological polar surface area (TPSA) is 74.3 Å². The largest absolute Gasteiger partial charge is 0.278 e. The molecule has 10 rings (SSSR count). The average Bonchev–Trinajstić information content (AvgIpc) is 3.61. The molecule has 0 saturated carbocycles. The third kappa shape index (κ3) is 3.07. The number of rotatable bonds is 2. The third-order valence-electron chi connectivity index (χ3n) is 8.74. The van der Waals surface area contributed by atoms with Crippen LogP contribution in [0.15, 0.2) is 128 Å². The minimum atomic E-state index is 0.574. The molecule has 0 aliphatic heterocycles. The zero-order chi connectivity index (χ0) is 28.8. The molecule has 44 heavy (non-hydrogen) atoms. The fraction of sp³-hybridized carbons (Fsp3) is 0. The summed E-state index contributed by atoms with van der Waals surface area (Å²) in [5, 5.41) is 8.61. The van der Waals surface area contributed by atoms with Crippen molar-refractivity contribution in [2.45, 2.75) is 0 Å². The van der Waals surface area contributed by atoms with Crippen molar-refractivity contribution in [3.05, 3.63) is 128 Å². The summed E-state index contributed by atoms with van der Waals surface area (Å²) in [6.07, 6.45) is 7.57. The molecule has 0 aliphatic carbocycles. The van der Waals surface area contributed by atoms with Gasteiger partial charge < -0.3 is 0 Å². The van der Waals surface area contributed by atoms with Gasteiger partial charge in [0.25, 0.3) is 0 Å². The van der Waals surface area contributed by atoms with Crippen molar-refractivity contribution in [3.63, 3.8) is 0 Å². The van der Waals surface area contributed by atoms with E-state index in [1.165, 1.54) is 10.8 Å². The van der Waals surface area contributed by atoms with Crippen LogP contribution in [0, 0.1) is 0 Å². The van der Waals surface area contributed by atoms with E-state index in [-0.39, 0.29) is 0 Å². The van der Waals surface area contributed by atoms with E-state index in [0.717, 1.165) is 65.4 Å². The van der Waals surface area contributed by atoms with Crippen LogP contribution < -0.4 is 0 Å². The Balaban J connectivity index is 1.33. The van der Waals surface area contributed by atoms with Crippen LogP contribution >= 0.6 is 0 Å². The van der Waals surface area contributed by atoms with Crippen molar-refractivity contribution in [1.29, 1.82) is 0 Å². The molecule has 0 unspecified atom stereocenters. The third-order valence-corrected chi connectivity index (χ3v) is 8.74. The van der Waals surface area contributed by atoms with Crippen LogP contribution in [0.2, 0.25) is 0 Å². The number of para-hydroxylation sites is 3. The average molecular weight is 564 g/mol. The summed E-state index contributed by atoms with van der Waals surface area (Å²) in [4.78, 5) is 24.9. The zero-order valence-corrected chi connectivity index (χ0v) is 23.3. The predicted octanol–water partition coefficient (Wildman–Crippen LogP) is 8.32. The van der Waals surface area contributed by atoms with E-state index in [4.69, 9.17) is 19.9 Å². The highest BCUT2D eigenvalue weighted by molar-refractivity contribution is 6.23. The number of hydrogen-bond acceptors (Lipinski definition) is 5. The van der Waals surface area contributed by atoms with Crippen LogP contribution in [-0.2, 0) is 0 Å². The van der Waals surface area contributed by atoms with Crippen LogP contribution in [0.5, 0.6) is 0 Å². The summed E-state index contributed by atoms with van der Waals surface area (Å²) in [6.45, 7) is 0. The second-order valence-corrected chi connectivity index (χ2v) is 11.0. The second-order valence-electron chi connectivity index (χ2n) is 11.0. The number of hydrogen-bond donors (Lipinski definition) is 0. The molecule has 10 aromatic rings. The first-order valence-electron chi connectivity index (χ1n) is 14.5. The highest BCUT2D eigenvalue weighted by Crippen LogP contribution is 2.36. The van der Waals surface area contributed by atoms with Crippen LogP contribution in [0.25, 0.3) is 88.1 Å². The number of aromatic nitrogens is 7. The molecule has 5 heterocycles. The van der Waals surface area contributed by atoms with E-state index < -0.39 is 0 Å². The number of nitrogens with zero attached hydrogens (tertiary/aromatic N) is 7. The first-order chi connectivity index (χ1) is 21.8. The maximum Gasteiger partial charge on any atom is 0.235 e. The Labute approximate surface area is 249 Å². The first kappa shape index (κ1) is 23.4. The van der Waals surface area contributed by atoms with Crippen molar-refractivity contribution in [3.8, 4) is 11.9 Å². The minimum Gasteiger partial charge on any atom is -0.278 e. The molecule has 0 aliphatic rings. The lowest BCUT2D eigenvalue weighted by Gasteiger charge is -2.13. The normalized spacial score (nSPS) is 12.1. The van der Waals surface area contributed by atoms with Gasteiger partial charge in [0.15, 0.2) is 0 Å². The summed E-state index contributed by atoms with van der Waals surface area (Å²) >= 11 is 0. The van der Waals surface area contributed by atoms with Crippen molar-refractivity contribution in [2.75, 3.05) is 0 Å². The van der Waals surface area contributed by atoms with Gasteiger partial charge in [0.1, 0.15) is 11.0 Å². The minimum absolute atomic E-state index is 0.574. The highest BCUT2D eigenvalue weighted by atomic mass is 15.2. The van der Waals surface area contributed by atoms with E-state index in [0.29, 0.717) is 11.9 Å². The second kappa shape index (κ2) is 8.65. The van der Waals surface area contributed by atoms with Crippen LogP contribution in [0.1, 0.15) is 0 Å². The Kier molecular flexibility index (Phi) is 4.60. The Morgan fingerprint density at radius 2 is 0.773 bits per heavy atom. The van der Waals surface area contributed by atoms with E-state index in [1.807, 2.05) is 43.0 Å². The number of pyridine rings is 1. The highest BCUT2D eigenvalue weighted by Gasteiger charge is 2.19. The molecular formula is C37H21N7. The molecule has 7 heteroatoms. The lowest BCUT2D eigenvalue weighted by Crippen LogP contribution is -2.04. The summed E-state index contributed by atoms with van der Waals surface area (Å²) in [5.41, 5.74) is 5.67. The molecule has 0 radical (unpaired) electrons. The lowest BCUT2D eigenvalue weighted by atomic mass is 10.0. The zero-order valence-electron chi connectivity index (χ0n) is 23.3. The fourth-order valence-electron chi connectivity index (χ4n) is 6.84. The summed E-state index contributed by atoms with van der Waals surface area (Å²) in [7, 11) is 0. The van der Waals surface area contributed by atoms with Crippen molar-refractivity contribution in [2.24, 2.45) is 0 Å². The van der Waals surface area contributed by atoms with Gasteiger partial charge in [-0.25, -0.2) is 19.9 Å². The van der Waals surface area contributed by atoms with Gasteiger partial charge in [-0.05, 0) is 35.0 Å². The molecule has 0 fully saturated rings. The summed E-state index contributed by atoms with van der Waals surface area (Å²) in [5.74, 6) is 1.18. The Morgan fingerprint density at radius 1 is 0.364 bits per heavy atom. The molecule has 204 valence electrons. The molecular weight excluding hydrogens is 542 g/mol. The smallest absolute Gasteiger partial charge is 0.235 e. The number of fused-ring (bicyclic) bond motifs is 12. The van der Waals surface area contributed by atoms with Gasteiger partial charge in [0.05, 0.1) is 28.3 Å². The van der Waals surface area contributed by atoms with Crippen LogP contribution in [-0.4, -0.2) is 34.1 Å². The SMILES string of the molecule is c1ccc2c(c1)c1cnc(-n3c4ccccc4c4ccccc43)nc1c1nc(-n3c4ccccc4c4ccncc43)ncc21. The molecule has 5 aromatic heterocycles. The van der Waals surface area contributed by atoms with E-state index in [1.54, 1.807) is 0 Å². The molecule has 7 nitrogen and oxygen atoms in total. The predicted molar refractivity (Wildman–Crippen MR) is 177 cm³/mol. The van der Waals surface area contributed by atoms with Crippen molar-refractivity contribution < 1.29 is 0 Å². The molecule has 0 spiro atoms. The van der Waals surface area contributed by atoms with E-state index >= 15 is 0 Å². The molecule has 0 amide bonds. The maximum atomic E-state index is 5.28. The van der Waals surface area contributed by atoms with Crippen molar-refractivity contribution in [1.82, 2.24) is 34.1 Å². The summed E-state index contributed by atoms with van der Waals surface area (Å²) in [6, 6.07) is 35.5. The quantitative estimate of drug-likeness (QED) is 0.198. The summed E-state index contributed by atoms with van der Waals surface area (Å²) < 4.78 is 4.24. The van der Waals surface area contributed by atoms with Crippen molar-refractivity contribution >= 4 is 76.2 Å². The van der Waals surface area contributed by atoms with Gasteiger partial charge in [-0.3, -0.25) is 14.1 Å². The first-order valence-corrected chi connectivity index (χ1v) is 14.5. The molecule has 0 saturated heterocycles. The molecule has 0 atom stereocenters. The Bertz CT molecular complexity index is 2490. The molecule has 0 bridgehead atoms. The molecule has 0 N–H and O–H groups in total.